The van der Waals surface area contributed by atoms with Gasteiger partial charge in [0.1, 0.15) is 5.76 Å². The Balaban J connectivity index is 1.59. The van der Waals surface area contributed by atoms with Gasteiger partial charge in [-0.2, -0.15) is 5.10 Å². The van der Waals surface area contributed by atoms with Crippen LogP contribution in [0.25, 0.3) is 0 Å². The van der Waals surface area contributed by atoms with E-state index in [-0.39, 0.29) is 5.91 Å². The van der Waals surface area contributed by atoms with Gasteiger partial charge in [-0.3, -0.25) is 10.2 Å². The van der Waals surface area contributed by atoms with E-state index in [9.17, 15) is 4.79 Å². The lowest BCUT2D eigenvalue weighted by atomic mass is 9.93. The van der Waals surface area contributed by atoms with E-state index in [1.54, 1.807) is 0 Å². The van der Waals surface area contributed by atoms with E-state index in [4.69, 9.17) is 4.42 Å². The highest BCUT2D eigenvalue weighted by Gasteiger charge is 2.28. The van der Waals surface area contributed by atoms with Crippen LogP contribution in [0.4, 0.5) is 11.4 Å². The number of hydrogen-bond acceptors (Lipinski definition) is 4. The molecule has 1 heterocycles. The molecule has 0 spiro atoms. The first-order chi connectivity index (χ1) is 13.6. The molecule has 3 aromatic rings. The van der Waals surface area contributed by atoms with E-state index in [1.807, 2.05) is 61.5 Å². The number of aryl methyl sites for hydroxylation is 1. The molecule has 0 bridgehead atoms. The van der Waals surface area contributed by atoms with Gasteiger partial charge in [-0.1, -0.05) is 18.2 Å². The predicted octanol–water partition coefficient (Wildman–Crippen LogP) is 5.60. The van der Waals surface area contributed by atoms with Gasteiger partial charge in [-0.15, -0.1) is 0 Å². The minimum absolute atomic E-state index is 0.233. The number of hydrogen-bond donors (Lipinski definition) is 2. The van der Waals surface area contributed by atoms with Crippen molar-refractivity contribution in [1.82, 2.24) is 0 Å². The number of amides is 1. The van der Waals surface area contributed by atoms with Gasteiger partial charge in [0.2, 0.25) is 0 Å². The third-order valence-electron chi connectivity index (χ3n) is 4.73. The van der Waals surface area contributed by atoms with Crippen LogP contribution in [-0.2, 0) is 6.42 Å². The van der Waals surface area contributed by atoms with Gasteiger partial charge < -0.3 is 9.73 Å². The Labute approximate surface area is 177 Å². The number of anilines is 2. The number of halogens is 1. The summed E-state index contributed by atoms with van der Waals surface area (Å²) in [6.07, 6.45) is 2.62. The molecule has 0 aliphatic heterocycles. The summed E-state index contributed by atoms with van der Waals surface area (Å²) in [4.78, 5) is 12.8. The summed E-state index contributed by atoms with van der Waals surface area (Å²) < 4.78 is 7.07. The van der Waals surface area contributed by atoms with Gasteiger partial charge in [0, 0.05) is 26.8 Å². The van der Waals surface area contributed by atoms with Crippen molar-refractivity contribution in [3.63, 3.8) is 0 Å². The Morgan fingerprint density at radius 2 is 1.79 bits per heavy atom. The standard InChI is InChI=1S/C22H20IN3O2/c1-14-20-18(26-25-17-6-3-2-4-7-17)8-5-9-19(20)28-21(14)22(27)24-16-12-10-15(23)11-13-16/h2-4,6-7,10-13,25H,5,8-9H2,1H3,(H,24,27)/b26-18+. The van der Waals surface area contributed by atoms with Crippen LogP contribution in [0, 0.1) is 10.5 Å². The van der Waals surface area contributed by atoms with Gasteiger partial charge in [0.15, 0.2) is 5.76 Å². The van der Waals surface area contributed by atoms with E-state index in [2.05, 4.69) is 38.4 Å². The predicted molar refractivity (Wildman–Crippen MR) is 120 cm³/mol. The third kappa shape index (κ3) is 3.96. The molecule has 1 aliphatic rings. The van der Waals surface area contributed by atoms with E-state index in [0.29, 0.717) is 5.76 Å². The number of furan rings is 1. The van der Waals surface area contributed by atoms with Gasteiger partial charge >= 0.3 is 0 Å². The average molecular weight is 485 g/mol. The van der Waals surface area contributed by atoms with Crippen molar-refractivity contribution >= 4 is 45.6 Å². The maximum absolute atomic E-state index is 12.8. The summed E-state index contributed by atoms with van der Waals surface area (Å²) in [7, 11) is 0. The molecule has 0 unspecified atom stereocenters. The SMILES string of the molecule is Cc1c(C(=O)Nc2ccc(I)cc2)oc2c1/C(=N/Nc1ccccc1)CCC2. The molecule has 0 saturated heterocycles. The van der Waals surface area contributed by atoms with Crippen molar-refractivity contribution in [2.24, 2.45) is 5.10 Å². The molecule has 1 amide bonds. The van der Waals surface area contributed by atoms with Crippen LogP contribution >= 0.6 is 22.6 Å². The number of carbonyl (C=O) groups is 1. The third-order valence-corrected chi connectivity index (χ3v) is 5.45. The quantitative estimate of drug-likeness (QED) is 0.374. The van der Waals surface area contributed by atoms with Crippen molar-refractivity contribution < 1.29 is 9.21 Å². The van der Waals surface area contributed by atoms with Crippen molar-refractivity contribution in [1.29, 1.82) is 0 Å². The van der Waals surface area contributed by atoms with Gasteiger partial charge in [0.25, 0.3) is 5.91 Å². The van der Waals surface area contributed by atoms with Crippen LogP contribution in [0.5, 0.6) is 0 Å². The van der Waals surface area contributed by atoms with Crippen LogP contribution in [0.1, 0.15) is 40.3 Å². The molecule has 4 rings (SSSR count). The largest absolute Gasteiger partial charge is 0.455 e. The first-order valence-corrected chi connectivity index (χ1v) is 10.3. The number of nitrogens with one attached hydrogen (secondary N) is 2. The van der Waals surface area contributed by atoms with Gasteiger partial charge in [0.05, 0.1) is 11.4 Å². The number of benzene rings is 2. The molecule has 0 radical (unpaired) electrons. The fourth-order valence-electron chi connectivity index (χ4n) is 3.36. The van der Waals surface area contributed by atoms with Crippen LogP contribution < -0.4 is 10.7 Å². The minimum atomic E-state index is -0.233. The second-order valence-corrected chi connectivity index (χ2v) is 7.95. The van der Waals surface area contributed by atoms with E-state index in [1.165, 1.54) is 0 Å². The van der Waals surface area contributed by atoms with Crippen LogP contribution in [0.2, 0.25) is 0 Å². The lowest BCUT2D eigenvalue weighted by Crippen LogP contribution is -2.14. The highest BCUT2D eigenvalue weighted by Crippen LogP contribution is 2.30. The first kappa shape index (κ1) is 18.7. The molecule has 6 heteroatoms. The number of para-hydroxylation sites is 1. The van der Waals surface area contributed by atoms with Crippen LogP contribution in [0.15, 0.2) is 64.1 Å². The fraction of sp³-hybridized carbons (Fsp3) is 0.182. The minimum Gasteiger partial charge on any atom is -0.455 e. The van der Waals surface area contributed by atoms with E-state index < -0.39 is 0 Å². The average Bonchev–Trinajstić information content (AvgIpc) is 3.06. The normalized spacial score (nSPS) is 14.6. The van der Waals surface area contributed by atoms with Gasteiger partial charge in [-0.05, 0) is 78.8 Å². The second-order valence-electron chi connectivity index (χ2n) is 6.71. The Hall–Kier alpha value is -2.61. The Morgan fingerprint density at radius 1 is 1.04 bits per heavy atom. The Bertz CT molecular complexity index is 1020. The number of hydrazone groups is 1. The summed E-state index contributed by atoms with van der Waals surface area (Å²) in [5.41, 5.74) is 7.52. The zero-order valence-corrected chi connectivity index (χ0v) is 17.6. The van der Waals surface area contributed by atoms with Crippen LogP contribution in [0.3, 0.4) is 0 Å². The molecule has 5 nitrogen and oxygen atoms in total. The molecule has 28 heavy (non-hydrogen) atoms. The maximum Gasteiger partial charge on any atom is 0.291 e. The highest BCUT2D eigenvalue weighted by atomic mass is 127. The zero-order valence-electron chi connectivity index (χ0n) is 15.5. The topological polar surface area (TPSA) is 66.6 Å². The molecule has 142 valence electrons. The summed E-state index contributed by atoms with van der Waals surface area (Å²) >= 11 is 2.24. The Morgan fingerprint density at radius 3 is 2.54 bits per heavy atom. The maximum atomic E-state index is 12.8. The second kappa shape index (κ2) is 8.18. The van der Waals surface area contributed by atoms with Crippen molar-refractivity contribution in [2.75, 3.05) is 10.7 Å². The summed E-state index contributed by atoms with van der Waals surface area (Å²) in [5, 5.41) is 7.51. The smallest absolute Gasteiger partial charge is 0.291 e. The van der Waals surface area contributed by atoms with E-state index in [0.717, 1.165) is 56.8 Å². The molecule has 2 N–H and O–H groups in total. The molecular weight excluding hydrogens is 465 g/mol. The summed E-state index contributed by atoms with van der Waals surface area (Å²) in [6.45, 7) is 1.93. The number of fused-ring (bicyclic) bond motifs is 1. The number of carbonyl (C=O) groups excluding carboxylic acids is 1. The van der Waals surface area contributed by atoms with E-state index >= 15 is 0 Å². The highest BCUT2D eigenvalue weighted by molar-refractivity contribution is 14.1. The zero-order chi connectivity index (χ0) is 19.5. The summed E-state index contributed by atoms with van der Waals surface area (Å²) in [5.74, 6) is 0.964. The van der Waals surface area contributed by atoms with Crippen LogP contribution in [-0.4, -0.2) is 11.6 Å². The lowest BCUT2D eigenvalue weighted by Gasteiger charge is -2.13. The number of nitrogens with zero attached hydrogens (tertiary/aromatic N) is 1. The molecule has 0 fully saturated rings. The van der Waals surface area contributed by atoms with Gasteiger partial charge in [-0.25, -0.2) is 0 Å². The molecule has 1 aromatic heterocycles. The lowest BCUT2D eigenvalue weighted by molar-refractivity contribution is 0.0994. The monoisotopic (exact) mass is 485 g/mol. The molecule has 1 aliphatic carbocycles. The fourth-order valence-corrected chi connectivity index (χ4v) is 3.72. The molecule has 0 atom stereocenters. The first-order valence-electron chi connectivity index (χ1n) is 9.19. The molecule has 2 aromatic carbocycles. The summed E-state index contributed by atoms with van der Waals surface area (Å²) in [6, 6.07) is 17.5. The van der Waals surface area contributed by atoms with Crippen molar-refractivity contribution in [3.05, 3.63) is 80.8 Å². The molecule has 0 saturated carbocycles. The molecular formula is C22H20IN3O2. The van der Waals surface area contributed by atoms with Crippen molar-refractivity contribution in [2.45, 2.75) is 26.2 Å². The number of rotatable bonds is 4. The Kier molecular flexibility index (Phi) is 5.47. The van der Waals surface area contributed by atoms with Crippen molar-refractivity contribution in [3.8, 4) is 0 Å².